The molecule has 0 unspecified atom stereocenters. The zero-order valence-corrected chi connectivity index (χ0v) is 12.8. The standard InChI is InChI=1S/C16H19NO3S/c1-12-9-13(3-2-6-18)11-14(10-12)16(19)17-15-4-7-21(20)8-5-15/h9-11,15,18H,4-8H2,1H3,(H,17,19). The van der Waals surface area contributed by atoms with E-state index >= 15 is 0 Å². The van der Waals surface area contributed by atoms with Crippen LogP contribution in [-0.2, 0) is 10.8 Å². The van der Waals surface area contributed by atoms with E-state index in [-0.39, 0.29) is 18.6 Å². The molecular weight excluding hydrogens is 286 g/mol. The lowest BCUT2D eigenvalue weighted by molar-refractivity contribution is 0.0934. The number of rotatable bonds is 2. The maximum absolute atomic E-state index is 12.3. The molecule has 0 bridgehead atoms. The first-order valence-corrected chi connectivity index (χ1v) is 8.44. The van der Waals surface area contributed by atoms with Gasteiger partial charge in [0.2, 0.25) is 0 Å². The molecule has 0 radical (unpaired) electrons. The molecule has 2 rings (SSSR count). The van der Waals surface area contributed by atoms with Crippen LogP contribution in [0, 0.1) is 18.8 Å². The molecule has 4 nitrogen and oxygen atoms in total. The minimum Gasteiger partial charge on any atom is -0.384 e. The summed E-state index contributed by atoms with van der Waals surface area (Å²) in [6.07, 6.45) is 1.53. The summed E-state index contributed by atoms with van der Waals surface area (Å²) in [5.41, 5.74) is 2.25. The van der Waals surface area contributed by atoms with Crippen molar-refractivity contribution >= 4 is 16.7 Å². The van der Waals surface area contributed by atoms with Gasteiger partial charge in [0.25, 0.3) is 5.91 Å². The number of aliphatic hydroxyl groups is 1. The summed E-state index contributed by atoms with van der Waals surface area (Å²) >= 11 is 0. The number of benzene rings is 1. The van der Waals surface area contributed by atoms with Gasteiger partial charge in [-0.2, -0.15) is 0 Å². The van der Waals surface area contributed by atoms with Crippen LogP contribution in [0.3, 0.4) is 0 Å². The first-order chi connectivity index (χ1) is 10.1. The Hall–Kier alpha value is -1.64. The van der Waals surface area contributed by atoms with Crippen LogP contribution in [0.4, 0.5) is 0 Å². The third-order valence-electron chi connectivity index (χ3n) is 3.37. The number of aliphatic hydroxyl groups excluding tert-OH is 1. The van der Waals surface area contributed by atoms with Crippen LogP contribution in [0.1, 0.15) is 34.3 Å². The SMILES string of the molecule is Cc1cc(C#CCO)cc(C(=O)NC2CCS(=O)CC2)c1. The Balaban J connectivity index is 2.08. The van der Waals surface area contributed by atoms with Crippen LogP contribution in [0.2, 0.25) is 0 Å². The van der Waals surface area contributed by atoms with E-state index in [4.69, 9.17) is 5.11 Å². The quantitative estimate of drug-likeness (QED) is 0.801. The second kappa shape index (κ2) is 7.39. The summed E-state index contributed by atoms with van der Waals surface area (Å²) in [6.45, 7) is 1.71. The zero-order valence-electron chi connectivity index (χ0n) is 12.0. The highest BCUT2D eigenvalue weighted by atomic mass is 32.2. The van der Waals surface area contributed by atoms with Crippen molar-refractivity contribution in [3.63, 3.8) is 0 Å². The third-order valence-corrected chi connectivity index (χ3v) is 4.76. The molecule has 0 aromatic heterocycles. The summed E-state index contributed by atoms with van der Waals surface area (Å²) < 4.78 is 11.3. The molecule has 1 aliphatic heterocycles. The Labute approximate surface area is 127 Å². The number of carbonyl (C=O) groups excluding carboxylic acids is 1. The van der Waals surface area contributed by atoms with Crippen LogP contribution in [0.5, 0.6) is 0 Å². The number of carbonyl (C=O) groups is 1. The van der Waals surface area contributed by atoms with Gasteiger partial charge < -0.3 is 10.4 Å². The Bertz CT molecular complexity index is 606. The molecule has 0 atom stereocenters. The summed E-state index contributed by atoms with van der Waals surface area (Å²) in [5, 5.41) is 11.7. The largest absolute Gasteiger partial charge is 0.384 e. The summed E-state index contributed by atoms with van der Waals surface area (Å²) in [5.74, 6) is 6.60. The molecule has 1 aliphatic rings. The molecule has 1 heterocycles. The number of nitrogens with one attached hydrogen (secondary N) is 1. The van der Waals surface area contributed by atoms with E-state index in [0.717, 1.165) is 24.0 Å². The molecule has 1 saturated heterocycles. The maximum atomic E-state index is 12.3. The summed E-state index contributed by atoms with van der Waals surface area (Å²) in [6, 6.07) is 5.53. The lowest BCUT2D eigenvalue weighted by Gasteiger charge is -2.22. The molecule has 2 N–H and O–H groups in total. The Morgan fingerprint density at radius 1 is 1.38 bits per heavy atom. The topological polar surface area (TPSA) is 66.4 Å². The maximum Gasteiger partial charge on any atom is 0.251 e. The molecule has 0 spiro atoms. The first kappa shape index (κ1) is 15.7. The van der Waals surface area contributed by atoms with Crippen molar-refractivity contribution < 1.29 is 14.1 Å². The molecule has 1 amide bonds. The fraction of sp³-hybridized carbons (Fsp3) is 0.438. The van der Waals surface area contributed by atoms with Gasteiger partial charge in [-0.05, 0) is 43.5 Å². The molecular formula is C16H19NO3S. The minimum absolute atomic E-state index is 0.0997. The summed E-state index contributed by atoms with van der Waals surface area (Å²) in [4.78, 5) is 12.3. The van der Waals surface area contributed by atoms with Crippen LogP contribution < -0.4 is 5.32 Å². The molecule has 1 fully saturated rings. The number of hydrogen-bond acceptors (Lipinski definition) is 3. The Kier molecular flexibility index (Phi) is 5.54. The first-order valence-electron chi connectivity index (χ1n) is 6.96. The van der Waals surface area contributed by atoms with Gasteiger partial charge in [-0.25, -0.2) is 0 Å². The Morgan fingerprint density at radius 2 is 2.10 bits per heavy atom. The van der Waals surface area contributed by atoms with Crippen molar-refractivity contribution in [2.45, 2.75) is 25.8 Å². The van der Waals surface area contributed by atoms with Crippen molar-refractivity contribution in [2.75, 3.05) is 18.1 Å². The zero-order chi connectivity index (χ0) is 15.2. The predicted molar refractivity (Wildman–Crippen MR) is 83.5 cm³/mol. The van der Waals surface area contributed by atoms with Crippen LogP contribution in [0.25, 0.3) is 0 Å². The predicted octanol–water partition coefficient (Wildman–Crippen LogP) is 0.980. The molecule has 0 aliphatic carbocycles. The average Bonchev–Trinajstić information content (AvgIpc) is 2.47. The number of hydrogen-bond donors (Lipinski definition) is 2. The average molecular weight is 305 g/mol. The van der Waals surface area contributed by atoms with Gasteiger partial charge in [0.05, 0.1) is 0 Å². The van der Waals surface area contributed by atoms with Crippen molar-refractivity contribution in [2.24, 2.45) is 0 Å². The van der Waals surface area contributed by atoms with Crippen LogP contribution in [-0.4, -0.2) is 39.4 Å². The third kappa shape index (κ3) is 4.69. The molecule has 1 aromatic rings. The van der Waals surface area contributed by atoms with Crippen LogP contribution in [0.15, 0.2) is 18.2 Å². The monoisotopic (exact) mass is 305 g/mol. The lowest BCUT2D eigenvalue weighted by atomic mass is 10.0. The second-order valence-corrected chi connectivity index (χ2v) is 6.84. The van der Waals surface area contributed by atoms with E-state index < -0.39 is 10.8 Å². The van der Waals surface area contributed by atoms with E-state index in [1.807, 2.05) is 19.1 Å². The number of aryl methyl sites for hydroxylation is 1. The molecule has 21 heavy (non-hydrogen) atoms. The number of amides is 1. The van der Waals surface area contributed by atoms with E-state index in [9.17, 15) is 9.00 Å². The molecule has 5 heteroatoms. The summed E-state index contributed by atoms with van der Waals surface area (Å²) in [7, 11) is -0.725. The van der Waals surface area contributed by atoms with Gasteiger partial charge in [0, 0.05) is 39.5 Å². The van der Waals surface area contributed by atoms with Gasteiger partial charge in [-0.15, -0.1) is 0 Å². The lowest BCUT2D eigenvalue weighted by Crippen LogP contribution is -2.39. The molecule has 0 saturated carbocycles. The normalized spacial score (nSPS) is 21.2. The van der Waals surface area contributed by atoms with Gasteiger partial charge in [-0.1, -0.05) is 11.8 Å². The Morgan fingerprint density at radius 3 is 2.76 bits per heavy atom. The fourth-order valence-electron chi connectivity index (χ4n) is 2.33. The van der Waals surface area contributed by atoms with Crippen molar-refractivity contribution in [3.05, 3.63) is 34.9 Å². The highest BCUT2D eigenvalue weighted by Crippen LogP contribution is 2.12. The van der Waals surface area contributed by atoms with Gasteiger partial charge in [0.15, 0.2) is 0 Å². The minimum atomic E-state index is -0.725. The van der Waals surface area contributed by atoms with Crippen molar-refractivity contribution in [1.82, 2.24) is 5.32 Å². The van der Waals surface area contributed by atoms with Gasteiger partial charge in [0.1, 0.15) is 6.61 Å². The van der Waals surface area contributed by atoms with E-state index in [2.05, 4.69) is 17.2 Å². The van der Waals surface area contributed by atoms with Crippen molar-refractivity contribution in [1.29, 1.82) is 0 Å². The van der Waals surface area contributed by atoms with E-state index in [0.29, 0.717) is 17.1 Å². The second-order valence-electron chi connectivity index (χ2n) is 5.14. The highest BCUT2D eigenvalue weighted by Gasteiger charge is 2.20. The molecule has 1 aromatic carbocycles. The van der Waals surface area contributed by atoms with Gasteiger partial charge >= 0.3 is 0 Å². The highest BCUT2D eigenvalue weighted by molar-refractivity contribution is 7.85. The van der Waals surface area contributed by atoms with Gasteiger partial charge in [-0.3, -0.25) is 9.00 Å². The molecule has 112 valence electrons. The van der Waals surface area contributed by atoms with Crippen LogP contribution >= 0.6 is 0 Å². The fourth-order valence-corrected chi connectivity index (χ4v) is 3.63. The van der Waals surface area contributed by atoms with E-state index in [1.165, 1.54) is 0 Å². The van der Waals surface area contributed by atoms with Crippen molar-refractivity contribution in [3.8, 4) is 11.8 Å². The van der Waals surface area contributed by atoms with E-state index in [1.54, 1.807) is 6.07 Å². The smallest absolute Gasteiger partial charge is 0.251 e.